The molecule has 0 aromatic carbocycles. The molecule has 0 N–H and O–H groups in total. The van der Waals surface area contributed by atoms with Crippen LogP contribution < -0.4 is 0 Å². The lowest BCUT2D eigenvalue weighted by molar-refractivity contribution is 0.867. The third-order valence-corrected chi connectivity index (χ3v) is 3.38. The zero-order valence-electron chi connectivity index (χ0n) is 6.79. The summed E-state index contributed by atoms with van der Waals surface area (Å²) in [6, 6.07) is 2.18. The van der Waals surface area contributed by atoms with Crippen LogP contribution in [0.3, 0.4) is 0 Å². The molecule has 1 aliphatic heterocycles. The molecular formula is C9H11NS. The van der Waals surface area contributed by atoms with Crippen LogP contribution in [0.5, 0.6) is 0 Å². The molecule has 0 amide bonds. The molecule has 0 aliphatic carbocycles. The molecule has 0 radical (unpaired) electrons. The predicted molar refractivity (Wildman–Crippen MR) is 48.1 cm³/mol. The zero-order chi connectivity index (χ0) is 7.84. The fourth-order valence-corrected chi connectivity index (χ4v) is 2.63. The van der Waals surface area contributed by atoms with Gasteiger partial charge in [0.2, 0.25) is 0 Å². The largest absolute Gasteiger partial charge is 0.261 e. The fourth-order valence-electron chi connectivity index (χ4n) is 1.34. The van der Waals surface area contributed by atoms with Crippen molar-refractivity contribution in [1.82, 2.24) is 4.98 Å². The molecule has 1 aromatic heterocycles. The zero-order valence-corrected chi connectivity index (χ0v) is 7.61. The Labute approximate surface area is 71.2 Å². The summed E-state index contributed by atoms with van der Waals surface area (Å²) in [6.45, 7) is 4.31. The minimum absolute atomic E-state index is 0.697. The van der Waals surface area contributed by atoms with E-state index in [1.165, 1.54) is 16.2 Å². The number of hydrogen-bond donors (Lipinski definition) is 0. The molecule has 0 saturated carbocycles. The number of fused-ring (bicyclic) bond motifs is 1. The van der Waals surface area contributed by atoms with Crippen molar-refractivity contribution in [3.05, 3.63) is 23.5 Å². The van der Waals surface area contributed by atoms with Crippen molar-refractivity contribution in [3.8, 4) is 0 Å². The van der Waals surface area contributed by atoms with Gasteiger partial charge in [-0.2, -0.15) is 0 Å². The Morgan fingerprint density at radius 3 is 3.27 bits per heavy atom. The molecule has 58 valence electrons. The van der Waals surface area contributed by atoms with E-state index in [-0.39, 0.29) is 0 Å². The highest BCUT2D eigenvalue weighted by Crippen LogP contribution is 2.38. The number of nitrogens with zero attached hydrogens (tertiary/aromatic N) is 1. The summed E-state index contributed by atoms with van der Waals surface area (Å²) in [6.07, 6.45) is 2.02. The van der Waals surface area contributed by atoms with E-state index < -0.39 is 0 Å². The van der Waals surface area contributed by atoms with Gasteiger partial charge in [0.1, 0.15) is 0 Å². The quantitative estimate of drug-likeness (QED) is 0.586. The molecule has 1 aromatic rings. The Morgan fingerprint density at radius 2 is 2.45 bits per heavy atom. The lowest BCUT2D eigenvalue weighted by Crippen LogP contribution is -1.90. The van der Waals surface area contributed by atoms with Gasteiger partial charge < -0.3 is 0 Å². The summed E-state index contributed by atoms with van der Waals surface area (Å²) in [5.41, 5.74) is 2.56. The van der Waals surface area contributed by atoms with Crippen molar-refractivity contribution in [2.75, 3.05) is 5.75 Å². The van der Waals surface area contributed by atoms with Gasteiger partial charge in [-0.1, -0.05) is 6.92 Å². The van der Waals surface area contributed by atoms with Crippen molar-refractivity contribution in [1.29, 1.82) is 0 Å². The van der Waals surface area contributed by atoms with E-state index >= 15 is 0 Å². The SMILES string of the molecule is Cc1cc2c(cn1)C(C)CS2. The highest BCUT2D eigenvalue weighted by atomic mass is 32.2. The van der Waals surface area contributed by atoms with Crippen molar-refractivity contribution in [2.45, 2.75) is 24.7 Å². The molecule has 0 fully saturated rings. The van der Waals surface area contributed by atoms with Crippen molar-refractivity contribution >= 4 is 11.8 Å². The molecular weight excluding hydrogens is 154 g/mol. The third-order valence-electron chi connectivity index (χ3n) is 2.05. The van der Waals surface area contributed by atoms with Crippen LogP contribution in [0, 0.1) is 6.92 Å². The number of hydrogen-bond acceptors (Lipinski definition) is 2. The summed E-state index contributed by atoms with van der Waals surface area (Å²) >= 11 is 1.95. The van der Waals surface area contributed by atoms with Gasteiger partial charge in [0, 0.05) is 22.5 Å². The Morgan fingerprint density at radius 1 is 1.64 bits per heavy atom. The summed E-state index contributed by atoms with van der Waals surface area (Å²) < 4.78 is 0. The molecule has 0 spiro atoms. The molecule has 1 unspecified atom stereocenters. The van der Waals surface area contributed by atoms with E-state index in [0.717, 1.165) is 5.69 Å². The standard InChI is InChI=1S/C9H11NS/c1-6-5-11-9-3-7(2)10-4-8(6)9/h3-4,6H,5H2,1-2H3. The van der Waals surface area contributed by atoms with Crippen LogP contribution in [0.4, 0.5) is 0 Å². The first-order chi connectivity index (χ1) is 5.27. The molecule has 0 bridgehead atoms. The van der Waals surface area contributed by atoms with Crippen LogP contribution in [0.25, 0.3) is 0 Å². The first kappa shape index (κ1) is 7.17. The average Bonchev–Trinajstić information content (AvgIpc) is 2.32. The molecule has 0 saturated heterocycles. The fraction of sp³-hybridized carbons (Fsp3) is 0.444. The van der Waals surface area contributed by atoms with E-state index in [9.17, 15) is 0 Å². The number of aromatic nitrogens is 1. The van der Waals surface area contributed by atoms with Crippen molar-refractivity contribution < 1.29 is 0 Å². The second kappa shape index (κ2) is 2.52. The minimum atomic E-state index is 0.697. The van der Waals surface area contributed by atoms with Gasteiger partial charge in [-0.05, 0) is 24.5 Å². The maximum Gasteiger partial charge on any atom is 0.0384 e. The topological polar surface area (TPSA) is 12.9 Å². The van der Waals surface area contributed by atoms with Crippen LogP contribution in [0.1, 0.15) is 24.1 Å². The lowest BCUT2D eigenvalue weighted by Gasteiger charge is -2.01. The number of rotatable bonds is 0. The Bertz CT molecular complexity index is 283. The van der Waals surface area contributed by atoms with Crippen molar-refractivity contribution in [3.63, 3.8) is 0 Å². The maximum absolute atomic E-state index is 4.29. The van der Waals surface area contributed by atoms with Gasteiger partial charge in [-0.25, -0.2) is 0 Å². The lowest BCUT2D eigenvalue weighted by atomic mass is 10.1. The minimum Gasteiger partial charge on any atom is -0.261 e. The molecule has 1 nitrogen and oxygen atoms in total. The van der Waals surface area contributed by atoms with Crippen LogP contribution in [-0.2, 0) is 0 Å². The highest BCUT2D eigenvalue weighted by molar-refractivity contribution is 7.99. The van der Waals surface area contributed by atoms with Crippen LogP contribution in [0.15, 0.2) is 17.2 Å². The number of thioether (sulfide) groups is 1. The van der Waals surface area contributed by atoms with Gasteiger partial charge >= 0.3 is 0 Å². The van der Waals surface area contributed by atoms with E-state index in [0.29, 0.717) is 5.92 Å². The maximum atomic E-state index is 4.29. The molecule has 2 heteroatoms. The van der Waals surface area contributed by atoms with Crippen LogP contribution in [0.2, 0.25) is 0 Å². The van der Waals surface area contributed by atoms with Gasteiger partial charge in [0.25, 0.3) is 0 Å². The summed E-state index contributed by atoms with van der Waals surface area (Å²) in [5, 5.41) is 0. The smallest absolute Gasteiger partial charge is 0.0384 e. The van der Waals surface area contributed by atoms with Crippen LogP contribution >= 0.6 is 11.8 Å². The van der Waals surface area contributed by atoms with E-state index in [2.05, 4.69) is 18.0 Å². The van der Waals surface area contributed by atoms with Gasteiger partial charge in [0.15, 0.2) is 0 Å². The van der Waals surface area contributed by atoms with Crippen molar-refractivity contribution in [2.24, 2.45) is 0 Å². The monoisotopic (exact) mass is 165 g/mol. The van der Waals surface area contributed by atoms with Gasteiger partial charge in [0.05, 0.1) is 0 Å². The normalized spacial score (nSPS) is 21.8. The molecule has 2 rings (SSSR count). The summed E-state index contributed by atoms with van der Waals surface area (Å²) in [4.78, 5) is 5.72. The highest BCUT2D eigenvalue weighted by Gasteiger charge is 2.18. The van der Waals surface area contributed by atoms with Crippen LogP contribution in [-0.4, -0.2) is 10.7 Å². The average molecular weight is 165 g/mol. The summed E-state index contributed by atoms with van der Waals surface area (Å²) in [5.74, 6) is 1.92. The first-order valence-electron chi connectivity index (χ1n) is 3.86. The molecule has 2 heterocycles. The Kier molecular flexibility index (Phi) is 1.64. The number of aryl methyl sites for hydroxylation is 1. The van der Waals surface area contributed by atoms with Gasteiger partial charge in [-0.3, -0.25) is 4.98 Å². The second-order valence-corrected chi connectivity index (χ2v) is 4.14. The van der Waals surface area contributed by atoms with E-state index in [1.54, 1.807) is 0 Å². The summed E-state index contributed by atoms with van der Waals surface area (Å²) in [7, 11) is 0. The van der Waals surface area contributed by atoms with Gasteiger partial charge in [-0.15, -0.1) is 11.8 Å². The molecule has 1 atom stereocenters. The second-order valence-electron chi connectivity index (χ2n) is 3.08. The predicted octanol–water partition coefficient (Wildman–Crippen LogP) is 2.60. The molecule has 1 aliphatic rings. The molecule has 11 heavy (non-hydrogen) atoms. The third kappa shape index (κ3) is 1.16. The Balaban J connectivity index is 2.50. The Hall–Kier alpha value is -0.500. The number of pyridine rings is 1. The van der Waals surface area contributed by atoms with E-state index in [4.69, 9.17) is 0 Å². The first-order valence-corrected chi connectivity index (χ1v) is 4.85. The van der Waals surface area contributed by atoms with E-state index in [1.807, 2.05) is 24.9 Å².